The number of nitrogens with one attached hydrogen (secondary N) is 1. The fourth-order valence-corrected chi connectivity index (χ4v) is 3.76. The van der Waals surface area contributed by atoms with E-state index in [4.69, 9.17) is 5.73 Å². The Morgan fingerprint density at radius 1 is 1.71 bits per heavy atom. The SMILES string of the molecule is CC12CCC(=O)N1C(C(=O)NCCN)CS2.Cl. The molecule has 2 rings (SSSR count). The number of fused-ring (bicyclic) bond motifs is 1. The zero-order valence-electron chi connectivity index (χ0n) is 9.77. The third-order valence-corrected chi connectivity index (χ3v) is 4.70. The Labute approximate surface area is 111 Å². The molecular formula is C10H18ClN3O2S. The number of thioether (sulfide) groups is 1. The highest BCUT2D eigenvalue weighted by Gasteiger charge is 2.52. The molecule has 0 spiro atoms. The van der Waals surface area contributed by atoms with E-state index < -0.39 is 0 Å². The second-order valence-electron chi connectivity index (χ2n) is 4.35. The fourth-order valence-electron chi connectivity index (χ4n) is 2.33. The first kappa shape index (κ1) is 14.6. The topological polar surface area (TPSA) is 75.4 Å². The summed E-state index contributed by atoms with van der Waals surface area (Å²) in [5.41, 5.74) is 5.34. The molecular weight excluding hydrogens is 262 g/mol. The van der Waals surface area contributed by atoms with Gasteiger partial charge in [0.25, 0.3) is 0 Å². The van der Waals surface area contributed by atoms with E-state index in [9.17, 15) is 9.59 Å². The lowest BCUT2D eigenvalue weighted by Gasteiger charge is -2.29. The molecule has 2 saturated heterocycles. The lowest BCUT2D eigenvalue weighted by atomic mass is 10.2. The van der Waals surface area contributed by atoms with Gasteiger partial charge in [-0.3, -0.25) is 9.59 Å². The van der Waals surface area contributed by atoms with Crippen molar-refractivity contribution in [2.24, 2.45) is 5.73 Å². The Balaban J connectivity index is 0.00000144. The smallest absolute Gasteiger partial charge is 0.243 e. The molecule has 2 fully saturated rings. The minimum Gasteiger partial charge on any atom is -0.353 e. The largest absolute Gasteiger partial charge is 0.353 e. The van der Waals surface area contributed by atoms with Crippen molar-refractivity contribution in [1.29, 1.82) is 0 Å². The van der Waals surface area contributed by atoms with Crippen LogP contribution >= 0.6 is 24.2 Å². The van der Waals surface area contributed by atoms with E-state index >= 15 is 0 Å². The van der Waals surface area contributed by atoms with E-state index in [-0.39, 0.29) is 35.1 Å². The van der Waals surface area contributed by atoms with Gasteiger partial charge in [-0.05, 0) is 13.3 Å². The molecule has 0 aliphatic carbocycles. The fraction of sp³-hybridized carbons (Fsp3) is 0.800. The molecule has 0 bridgehead atoms. The van der Waals surface area contributed by atoms with Crippen LogP contribution in [-0.4, -0.2) is 46.5 Å². The minimum atomic E-state index is -0.309. The number of halogens is 1. The zero-order chi connectivity index (χ0) is 11.8. The van der Waals surface area contributed by atoms with Crippen LogP contribution in [0.4, 0.5) is 0 Å². The Kier molecular flexibility index (Phi) is 4.69. The van der Waals surface area contributed by atoms with Crippen molar-refractivity contribution >= 4 is 36.0 Å². The summed E-state index contributed by atoms with van der Waals surface area (Å²) in [6.45, 7) is 2.94. The third kappa shape index (κ3) is 2.53. The van der Waals surface area contributed by atoms with Crippen molar-refractivity contribution in [2.75, 3.05) is 18.8 Å². The number of nitrogens with zero attached hydrogens (tertiary/aromatic N) is 1. The Morgan fingerprint density at radius 3 is 3.06 bits per heavy atom. The molecule has 0 aromatic heterocycles. The van der Waals surface area contributed by atoms with E-state index in [1.165, 1.54) is 0 Å². The van der Waals surface area contributed by atoms with Gasteiger partial charge in [0.2, 0.25) is 11.8 Å². The second kappa shape index (κ2) is 5.46. The number of carbonyl (C=O) groups is 2. The van der Waals surface area contributed by atoms with E-state index in [0.29, 0.717) is 25.3 Å². The molecule has 2 amide bonds. The summed E-state index contributed by atoms with van der Waals surface area (Å²) in [6, 6.07) is -0.309. The molecule has 98 valence electrons. The summed E-state index contributed by atoms with van der Waals surface area (Å²) in [5, 5.41) is 2.75. The second-order valence-corrected chi connectivity index (χ2v) is 5.85. The van der Waals surface area contributed by atoms with Crippen LogP contribution in [0.1, 0.15) is 19.8 Å². The van der Waals surface area contributed by atoms with Gasteiger partial charge < -0.3 is 16.0 Å². The van der Waals surface area contributed by atoms with Crippen molar-refractivity contribution < 1.29 is 9.59 Å². The first-order valence-corrected chi connectivity index (χ1v) is 6.51. The zero-order valence-corrected chi connectivity index (χ0v) is 11.4. The van der Waals surface area contributed by atoms with Gasteiger partial charge in [-0.15, -0.1) is 24.2 Å². The van der Waals surface area contributed by atoms with Crippen LogP contribution < -0.4 is 11.1 Å². The van der Waals surface area contributed by atoms with Crippen LogP contribution in [0.25, 0.3) is 0 Å². The molecule has 17 heavy (non-hydrogen) atoms. The monoisotopic (exact) mass is 279 g/mol. The number of hydrogen-bond donors (Lipinski definition) is 2. The molecule has 7 heteroatoms. The predicted octanol–water partition coefficient (Wildman–Crippen LogP) is -0.0629. The molecule has 5 nitrogen and oxygen atoms in total. The van der Waals surface area contributed by atoms with Gasteiger partial charge in [0.05, 0.1) is 4.87 Å². The van der Waals surface area contributed by atoms with Gasteiger partial charge in [-0.1, -0.05) is 0 Å². The normalized spacial score (nSPS) is 31.1. The highest BCUT2D eigenvalue weighted by Crippen LogP contribution is 2.47. The molecule has 2 aliphatic rings. The van der Waals surface area contributed by atoms with Gasteiger partial charge in [0.1, 0.15) is 6.04 Å². The molecule has 0 radical (unpaired) electrons. The van der Waals surface area contributed by atoms with Crippen LogP contribution in [0.15, 0.2) is 0 Å². The summed E-state index contributed by atoms with van der Waals surface area (Å²) < 4.78 is 0. The standard InChI is InChI=1S/C10H17N3O2S.ClH/c1-10-3-2-8(14)13(10)7(6-16-10)9(15)12-5-4-11;/h7H,2-6,11H2,1H3,(H,12,15);1H. The lowest BCUT2D eigenvalue weighted by molar-refractivity contribution is -0.137. The van der Waals surface area contributed by atoms with Gasteiger partial charge >= 0.3 is 0 Å². The summed E-state index contributed by atoms with van der Waals surface area (Å²) >= 11 is 1.70. The van der Waals surface area contributed by atoms with Gasteiger partial charge in [-0.25, -0.2) is 0 Å². The number of hydrogen-bond acceptors (Lipinski definition) is 4. The molecule has 2 atom stereocenters. The first-order chi connectivity index (χ1) is 7.58. The maximum Gasteiger partial charge on any atom is 0.243 e. The molecule has 2 aliphatic heterocycles. The van der Waals surface area contributed by atoms with Crippen LogP contribution in [0.5, 0.6) is 0 Å². The molecule has 2 unspecified atom stereocenters. The number of amides is 2. The molecule has 0 aromatic rings. The van der Waals surface area contributed by atoms with E-state index in [1.807, 2.05) is 6.92 Å². The molecule has 0 saturated carbocycles. The summed E-state index contributed by atoms with van der Waals surface area (Å²) in [7, 11) is 0. The maximum atomic E-state index is 11.9. The van der Waals surface area contributed by atoms with Crippen molar-refractivity contribution in [3.05, 3.63) is 0 Å². The minimum absolute atomic E-state index is 0. The van der Waals surface area contributed by atoms with Crippen LogP contribution in [-0.2, 0) is 9.59 Å². The molecule has 3 N–H and O–H groups in total. The van der Waals surface area contributed by atoms with E-state index in [0.717, 1.165) is 6.42 Å². The van der Waals surface area contributed by atoms with Crippen molar-refractivity contribution in [3.8, 4) is 0 Å². The Bertz CT molecular complexity index is 329. The van der Waals surface area contributed by atoms with Gasteiger partial charge in [0.15, 0.2) is 0 Å². The lowest BCUT2D eigenvalue weighted by Crippen LogP contribution is -2.50. The van der Waals surface area contributed by atoms with Crippen LogP contribution in [0, 0.1) is 0 Å². The third-order valence-electron chi connectivity index (χ3n) is 3.19. The number of rotatable bonds is 3. The molecule has 2 heterocycles. The average molecular weight is 280 g/mol. The average Bonchev–Trinajstić information content (AvgIpc) is 2.73. The molecule has 0 aromatic carbocycles. The number of carbonyl (C=O) groups excluding carboxylic acids is 2. The predicted molar refractivity (Wildman–Crippen MR) is 70.0 cm³/mol. The van der Waals surface area contributed by atoms with Crippen LogP contribution in [0.3, 0.4) is 0 Å². The summed E-state index contributed by atoms with van der Waals surface area (Å²) in [5.74, 6) is 0.718. The number of nitrogens with two attached hydrogens (primary N) is 1. The van der Waals surface area contributed by atoms with E-state index in [2.05, 4.69) is 5.32 Å². The summed E-state index contributed by atoms with van der Waals surface area (Å²) in [6.07, 6.45) is 1.40. The van der Waals surface area contributed by atoms with Crippen molar-refractivity contribution in [3.63, 3.8) is 0 Å². The van der Waals surface area contributed by atoms with Gasteiger partial charge in [-0.2, -0.15) is 0 Å². The highest BCUT2D eigenvalue weighted by atomic mass is 35.5. The van der Waals surface area contributed by atoms with Crippen molar-refractivity contribution in [1.82, 2.24) is 10.2 Å². The Hall–Kier alpha value is -0.460. The Morgan fingerprint density at radius 2 is 2.41 bits per heavy atom. The van der Waals surface area contributed by atoms with Crippen LogP contribution in [0.2, 0.25) is 0 Å². The van der Waals surface area contributed by atoms with Gasteiger partial charge in [0, 0.05) is 25.3 Å². The van der Waals surface area contributed by atoms with Crippen molar-refractivity contribution in [2.45, 2.75) is 30.7 Å². The quantitative estimate of drug-likeness (QED) is 0.759. The van der Waals surface area contributed by atoms with E-state index in [1.54, 1.807) is 16.7 Å². The highest BCUT2D eigenvalue weighted by molar-refractivity contribution is 8.01. The summed E-state index contributed by atoms with van der Waals surface area (Å²) in [4.78, 5) is 25.2. The maximum absolute atomic E-state index is 11.9. The first-order valence-electron chi connectivity index (χ1n) is 5.52.